The van der Waals surface area contributed by atoms with Gasteiger partial charge in [0.25, 0.3) is 0 Å². The highest BCUT2D eigenvalue weighted by molar-refractivity contribution is 5.95. The lowest BCUT2D eigenvalue weighted by Crippen LogP contribution is -2.49. The summed E-state index contributed by atoms with van der Waals surface area (Å²) < 4.78 is 5.20. The maximum absolute atomic E-state index is 12.8. The first-order valence-electron chi connectivity index (χ1n) is 10.5. The molecule has 1 fully saturated rings. The number of methoxy groups -OCH3 is 1. The fourth-order valence-corrected chi connectivity index (χ4v) is 3.68. The van der Waals surface area contributed by atoms with Crippen LogP contribution < -0.4 is 14.5 Å². The number of nitrogens with zero attached hydrogens (tertiary/aromatic N) is 4. The number of rotatable bonds is 8. The third kappa shape index (κ3) is 5.98. The van der Waals surface area contributed by atoms with Gasteiger partial charge in [-0.25, -0.2) is 0 Å². The second kappa shape index (κ2) is 11.0. The van der Waals surface area contributed by atoms with Crippen LogP contribution in [0.2, 0.25) is 0 Å². The Morgan fingerprint density at radius 3 is 2.29 bits per heavy atom. The number of piperazine rings is 1. The smallest absolute Gasteiger partial charge is 0.227 e. The lowest BCUT2D eigenvalue weighted by molar-refractivity contribution is -0.133. The largest absolute Gasteiger partial charge is 0.497 e. The van der Waals surface area contributed by atoms with Gasteiger partial charge < -0.3 is 19.4 Å². The van der Waals surface area contributed by atoms with E-state index in [-0.39, 0.29) is 31.1 Å². The van der Waals surface area contributed by atoms with Gasteiger partial charge in [0, 0.05) is 56.9 Å². The molecular weight excluding hydrogens is 392 g/mol. The molecule has 7 heteroatoms. The molecule has 0 aliphatic carbocycles. The van der Waals surface area contributed by atoms with Gasteiger partial charge in [0.2, 0.25) is 11.8 Å². The summed E-state index contributed by atoms with van der Waals surface area (Å²) in [5.74, 6) is 0.684. The molecule has 0 saturated carbocycles. The second-order valence-corrected chi connectivity index (χ2v) is 7.35. The number of anilines is 2. The third-order valence-corrected chi connectivity index (χ3v) is 5.44. The number of carbonyl (C=O) groups excluding carboxylic acids is 2. The first-order valence-corrected chi connectivity index (χ1v) is 10.5. The Hall–Kier alpha value is -3.53. The zero-order chi connectivity index (χ0) is 22.1. The van der Waals surface area contributed by atoms with E-state index in [4.69, 9.17) is 10.00 Å². The van der Waals surface area contributed by atoms with Crippen molar-refractivity contribution in [1.82, 2.24) is 4.90 Å². The molecule has 0 N–H and O–H groups in total. The van der Waals surface area contributed by atoms with E-state index in [1.54, 1.807) is 12.0 Å². The average Bonchev–Trinajstić information content (AvgIpc) is 2.83. The minimum absolute atomic E-state index is 0.00368. The van der Waals surface area contributed by atoms with E-state index in [9.17, 15) is 9.59 Å². The van der Waals surface area contributed by atoms with Crippen LogP contribution in [-0.4, -0.2) is 56.5 Å². The highest BCUT2D eigenvalue weighted by atomic mass is 16.5. The number of hydrogen-bond donors (Lipinski definition) is 0. The molecule has 31 heavy (non-hydrogen) atoms. The number of nitriles is 1. The second-order valence-electron chi connectivity index (χ2n) is 7.35. The predicted molar refractivity (Wildman–Crippen MR) is 120 cm³/mol. The molecule has 1 aliphatic rings. The van der Waals surface area contributed by atoms with Crippen LogP contribution >= 0.6 is 0 Å². The monoisotopic (exact) mass is 420 g/mol. The third-order valence-electron chi connectivity index (χ3n) is 5.44. The van der Waals surface area contributed by atoms with Gasteiger partial charge in [0.15, 0.2) is 0 Å². The highest BCUT2D eigenvalue weighted by Gasteiger charge is 2.23. The summed E-state index contributed by atoms with van der Waals surface area (Å²) in [6, 6.07) is 19.3. The van der Waals surface area contributed by atoms with Crippen molar-refractivity contribution in [3.05, 3.63) is 54.6 Å². The lowest BCUT2D eigenvalue weighted by Gasteiger charge is -2.36. The Kier molecular flexibility index (Phi) is 7.88. The van der Waals surface area contributed by atoms with Gasteiger partial charge in [-0.3, -0.25) is 9.59 Å². The molecule has 1 heterocycles. The first kappa shape index (κ1) is 22.2. The minimum Gasteiger partial charge on any atom is -0.497 e. The van der Waals surface area contributed by atoms with Crippen LogP contribution in [0, 0.1) is 11.3 Å². The van der Waals surface area contributed by atoms with Crippen molar-refractivity contribution in [3.8, 4) is 11.8 Å². The van der Waals surface area contributed by atoms with E-state index in [1.165, 1.54) is 0 Å². The number of carbonyl (C=O) groups is 2. The standard InChI is InChI=1S/C24H28N4O3/c1-31-22-10-8-20(9-11-22)26-16-18-27(19-17-26)23(29)12-13-24(30)28(15-5-14-25)21-6-3-2-4-7-21/h2-4,6-11H,5,12-13,15-19H2,1H3. The van der Waals surface area contributed by atoms with Crippen LogP contribution in [0.15, 0.2) is 54.6 Å². The molecule has 2 aromatic rings. The maximum atomic E-state index is 12.8. The summed E-state index contributed by atoms with van der Waals surface area (Å²) in [4.78, 5) is 31.1. The molecule has 0 bridgehead atoms. The van der Waals surface area contributed by atoms with Crippen LogP contribution in [0.5, 0.6) is 5.75 Å². The zero-order valence-corrected chi connectivity index (χ0v) is 17.9. The van der Waals surface area contributed by atoms with E-state index in [0.717, 1.165) is 30.2 Å². The topological polar surface area (TPSA) is 76.9 Å². The number of ether oxygens (including phenoxy) is 1. The minimum atomic E-state index is -0.133. The predicted octanol–water partition coefficient (Wildman–Crippen LogP) is 3.07. The van der Waals surface area contributed by atoms with Gasteiger partial charge in [0.1, 0.15) is 5.75 Å². The van der Waals surface area contributed by atoms with E-state index in [2.05, 4.69) is 11.0 Å². The van der Waals surface area contributed by atoms with Crippen molar-refractivity contribution in [2.75, 3.05) is 49.6 Å². The van der Waals surface area contributed by atoms with Crippen molar-refractivity contribution < 1.29 is 14.3 Å². The molecule has 162 valence electrons. The highest BCUT2D eigenvalue weighted by Crippen LogP contribution is 2.21. The zero-order valence-electron chi connectivity index (χ0n) is 17.9. The summed E-state index contributed by atoms with van der Waals surface area (Å²) in [5.41, 5.74) is 1.86. The quantitative estimate of drug-likeness (QED) is 0.656. The number of para-hydroxylation sites is 1. The average molecular weight is 421 g/mol. The van der Waals surface area contributed by atoms with Gasteiger partial charge in [-0.15, -0.1) is 0 Å². The molecule has 1 saturated heterocycles. The van der Waals surface area contributed by atoms with Crippen LogP contribution in [0.3, 0.4) is 0 Å². The molecule has 0 atom stereocenters. The van der Waals surface area contributed by atoms with Crippen molar-refractivity contribution in [3.63, 3.8) is 0 Å². The van der Waals surface area contributed by atoms with E-state index in [1.807, 2.05) is 59.5 Å². The summed E-state index contributed by atoms with van der Waals surface area (Å²) in [6.07, 6.45) is 0.566. The van der Waals surface area contributed by atoms with Gasteiger partial charge in [0.05, 0.1) is 19.6 Å². The molecule has 1 aliphatic heterocycles. The Morgan fingerprint density at radius 2 is 1.68 bits per heavy atom. The molecule has 0 aromatic heterocycles. The van der Waals surface area contributed by atoms with Crippen molar-refractivity contribution in [1.29, 1.82) is 5.26 Å². The SMILES string of the molecule is COc1ccc(N2CCN(C(=O)CCC(=O)N(CCC#N)c3ccccc3)CC2)cc1. The molecule has 2 aromatic carbocycles. The molecule has 3 rings (SSSR count). The van der Waals surface area contributed by atoms with Crippen molar-refractivity contribution in [2.45, 2.75) is 19.3 Å². The first-order chi connectivity index (χ1) is 15.1. The fourth-order valence-electron chi connectivity index (χ4n) is 3.68. The van der Waals surface area contributed by atoms with Crippen LogP contribution in [0.4, 0.5) is 11.4 Å². The van der Waals surface area contributed by atoms with Gasteiger partial charge in [-0.05, 0) is 36.4 Å². The fraction of sp³-hybridized carbons (Fsp3) is 0.375. The Labute approximate surface area is 183 Å². The van der Waals surface area contributed by atoms with Gasteiger partial charge in [-0.1, -0.05) is 18.2 Å². The van der Waals surface area contributed by atoms with Crippen LogP contribution in [-0.2, 0) is 9.59 Å². The maximum Gasteiger partial charge on any atom is 0.227 e. The molecule has 7 nitrogen and oxygen atoms in total. The molecular formula is C24H28N4O3. The lowest BCUT2D eigenvalue weighted by atomic mass is 10.2. The van der Waals surface area contributed by atoms with Gasteiger partial charge >= 0.3 is 0 Å². The van der Waals surface area contributed by atoms with Gasteiger partial charge in [-0.2, -0.15) is 5.26 Å². The summed E-state index contributed by atoms with van der Waals surface area (Å²) in [5, 5.41) is 8.90. The number of amides is 2. The molecule has 2 amide bonds. The van der Waals surface area contributed by atoms with E-state index in [0.29, 0.717) is 19.6 Å². The number of hydrogen-bond acceptors (Lipinski definition) is 5. The molecule has 0 spiro atoms. The Bertz CT molecular complexity index is 901. The van der Waals surface area contributed by atoms with Crippen LogP contribution in [0.25, 0.3) is 0 Å². The summed E-state index contributed by atoms with van der Waals surface area (Å²) in [7, 11) is 1.65. The molecule has 0 radical (unpaired) electrons. The van der Waals surface area contributed by atoms with Crippen molar-refractivity contribution in [2.24, 2.45) is 0 Å². The molecule has 0 unspecified atom stereocenters. The van der Waals surface area contributed by atoms with E-state index < -0.39 is 0 Å². The normalized spacial score (nSPS) is 13.4. The summed E-state index contributed by atoms with van der Waals surface area (Å²) >= 11 is 0. The van der Waals surface area contributed by atoms with Crippen LogP contribution in [0.1, 0.15) is 19.3 Å². The Morgan fingerprint density at radius 1 is 1.00 bits per heavy atom. The van der Waals surface area contributed by atoms with Crippen molar-refractivity contribution >= 4 is 23.2 Å². The number of benzene rings is 2. The Balaban J connectivity index is 1.49. The van der Waals surface area contributed by atoms with E-state index >= 15 is 0 Å². The summed E-state index contributed by atoms with van der Waals surface area (Å²) in [6.45, 7) is 3.11.